The number of pyridine rings is 1. The molecule has 3 heterocycles. The fourth-order valence-electron chi connectivity index (χ4n) is 3.75. The molecule has 1 saturated carbocycles. The number of hydrogen-bond acceptors (Lipinski definition) is 4. The van der Waals surface area contributed by atoms with Crippen LogP contribution in [0, 0.1) is 11.3 Å². The summed E-state index contributed by atoms with van der Waals surface area (Å²) in [4.78, 5) is 37.4. The monoisotopic (exact) mass is 330 g/mol. The van der Waals surface area contributed by atoms with Crippen LogP contribution in [0.3, 0.4) is 0 Å². The number of aromatic nitrogens is 3. The van der Waals surface area contributed by atoms with Crippen LogP contribution in [0.4, 0.5) is 0 Å². The number of fused-ring (bicyclic) bond motifs is 1. The molecule has 1 atom stereocenters. The molecule has 8 heteroatoms. The first-order valence-corrected chi connectivity index (χ1v) is 8.05. The zero-order valence-corrected chi connectivity index (χ0v) is 13.1. The van der Waals surface area contributed by atoms with Crippen molar-refractivity contribution in [2.75, 3.05) is 13.1 Å². The topological polar surface area (TPSA) is 96.9 Å². The smallest absolute Gasteiger partial charge is 0.350 e. The van der Waals surface area contributed by atoms with Gasteiger partial charge in [-0.2, -0.15) is 0 Å². The lowest BCUT2D eigenvalue weighted by Crippen LogP contribution is -2.42. The quantitative estimate of drug-likeness (QED) is 0.868. The number of amides is 1. The molecule has 2 aromatic rings. The van der Waals surface area contributed by atoms with Crippen molar-refractivity contribution in [2.45, 2.75) is 25.8 Å². The number of carbonyl (C=O) groups is 2. The highest BCUT2D eigenvalue weighted by Gasteiger charge is 2.59. The van der Waals surface area contributed by atoms with Crippen LogP contribution in [0.1, 0.15) is 19.3 Å². The molecule has 126 valence electrons. The average Bonchev–Trinajstić information content (AvgIpc) is 3.19. The summed E-state index contributed by atoms with van der Waals surface area (Å²) in [5, 5.41) is 13.3. The number of nitrogens with zero attached hydrogens (tertiary/aromatic N) is 4. The molecule has 1 amide bonds. The predicted octanol–water partition coefficient (Wildman–Crippen LogP) is 0.209. The minimum atomic E-state index is -0.731. The van der Waals surface area contributed by atoms with Crippen molar-refractivity contribution in [3.8, 4) is 0 Å². The molecule has 0 bridgehead atoms. The summed E-state index contributed by atoms with van der Waals surface area (Å²) in [6, 6.07) is 5.24. The number of rotatable bonds is 3. The summed E-state index contributed by atoms with van der Waals surface area (Å²) in [5.74, 6) is -1.13. The standard InChI is InChI=1S/C16H18N4O4/c21-13(10-20-15(24)19-6-2-1-3-12(19)17-20)18-7-4-16(5-8-18)9-11(16)14(22)23/h1-3,6,11H,4-5,7-10H2,(H,22,23). The van der Waals surface area contributed by atoms with E-state index in [2.05, 4.69) is 5.10 Å². The van der Waals surface area contributed by atoms with Crippen LogP contribution in [-0.2, 0) is 16.1 Å². The zero-order valence-electron chi connectivity index (χ0n) is 13.1. The van der Waals surface area contributed by atoms with Crippen molar-refractivity contribution in [2.24, 2.45) is 11.3 Å². The number of piperidine rings is 1. The molecule has 2 aromatic heterocycles. The van der Waals surface area contributed by atoms with E-state index in [0.717, 1.165) is 19.3 Å². The van der Waals surface area contributed by atoms with Crippen molar-refractivity contribution in [1.29, 1.82) is 0 Å². The van der Waals surface area contributed by atoms with Gasteiger partial charge in [0.2, 0.25) is 5.91 Å². The van der Waals surface area contributed by atoms with Crippen LogP contribution in [0.15, 0.2) is 29.2 Å². The van der Waals surface area contributed by atoms with Gasteiger partial charge in [-0.25, -0.2) is 9.48 Å². The summed E-state index contributed by atoms with van der Waals surface area (Å²) in [5.41, 5.74) is 0.0680. The number of carbonyl (C=O) groups excluding carboxylic acids is 1. The van der Waals surface area contributed by atoms with Crippen LogP contribution in [0.25, 0.3) is 5.65 Å². The molecular formula is C16H18N4O4. The molecule has 4 rings (SSSR count). The fraction of sp³-hybridized carbons (Fsp3) is 0.500. The second kappa shape index (κ2) is 5.19. The maximum absolute atomic E-state index is 12.4. The van der Waals surface area contributed by atoms with Crippen LogP contribution < -0.4 is 5.69 Å². The van der Waals surface area contributed by atoms with Crippen LogP contribution >= 0.6 is 0 Å². The Labute approximate surface area is 137 Å². The molecule has 1 unspecified atom stereocenters. The average molecular weight is 330 g/mol. The molecular weight excluding hydrogens is 312 g/mol. The summed E-state index contributed by atoms with van der Waals surface area (Å²) >= 11 is 0. The van der Waals surface area contributed by atoms with Gasteiger partial charge in [0.15, 0.2) is 5.65 Å². The van der Waals surface area contributed by atoms with Crippen LogP contribution in [0.2, 0.25) is 0 Å². The molecule has 1 N–H and O–H groups in total. The third kappa shape index (κ3) is 2.29. The minimum Gasteiger partial charge on any atom is -0.481 e. The van der Waals surface area contributed by atoms with E-state index in [4.69, 9.17) is 5.11 Å². The lowest BCUT2D eigenvalue weighted by Gasteiger charge is -2.32. The molecule has 0 aromatic carbocycles. The third-order valence-electron chi connectivity index (χ3n) is 5.37. The number of hydrogen-bond donors (Lipinski definition) is 1. The zero-order chi connectivity index (χ0) is 16.9. The fourth-order valence-corrected chi connectivity index (χ4v) is 3.75. The summed E-state index contributed by atoms with van der Waals surface area (Å²) in [6.45, 7) is 1.01. The molecule has 8 nitrogen and oxygen atoms in total. The molecule has 1 aliphatic heterocycles. The highest BCUT2D eigenvalue weighted by atomic mass is 16.4. The minimum absolute atomic E-state index is 0.0874. The maximum Gasteiger partial charge on any atom is 0.350 e. The van der Waals surface area contributed by atoms with Gasteiger partial charge in [-0.3, -0.25) is 14.0 Å². The van der Waals surface area contributed by atoms with E-state index < -0.39 is 5.97 Å². The summed E-state index contributed by atoms with van der Waals surface area (Å²) < 4.78 is 2.58. The summed E-state index contributed by atoms with van der Waals surface area (Å²) in [6.07, 6.45) is 3.78. The van der Waals surface area contributed by atoms with E-state index in [-0.39, 0.29) is 29.5 Å². The van der Waals surface area contributed by atoms with E-state index in [1.807, 2.05) is 0 Å². The molecule has 1 spiro atoms. The van der Waals surface area contributed by atoms with Crippen LogP contribution in [-0.4, -0.2) is 49.2 Å². The highest BCUT2D eigenvalue weighted by molar-refractivity contribution is 5.77. The molecule has 1 aliphatic carbocycles. The second-order valence-corrected chi connectivity index (χ2v) is 6.71. The first-order valence-electron chi connectivity index (χ1n) is 8.05. The lowest BCUT2D eigenvalue weighted by molar-refractivity contribution is -0.140. The maximum atomic E-state index is 12.4. The van der Waals surface area contributed by atoms with Gasteiger partial charge < -0.3 is 10.0 Å². The Bertz CT molecular complexity index is 876. The molecule has 2 aliphatic rings. The number of aliphatic carboxylic acids is 1. The number of carboxylic acid groups (broad SMARTS) is 1. The van der Waals surface area contributed by atoms with E-state index in [0.29, 0.717) is 18.7 Å². The Balaban J connectivity index is 1.43. The summed E-state index contributed by atoms with van der Waals surface area (Å²) in [7, 11) is 0. The molecule has 0 radical (unpaired) electrons. The third-order valence-corrected chi connectivity index (χ3v) is 5.37. The SMILES string of the molecule is O=C(O)C1CC12CCN(C(=O)Cn1nc3ccccn3c1=O)CC2. The van der Waals surface area contributed by atoms with Gasteiger partial charge in [0.25, 0.3) is 0 Å². The highest BCUT2D eigenvalue weighted by Crippen LogP contribution is 2.59. The van der Waals surface area contributed by atoms with Crippen molar-refractivity contribution >= 4 is 17.5 Å². The lowest BCUT2D eigenvalue weighted by atomic mass is 9.91. The van der Waals surface area contributed by atoms with Gasteiger partial charge >= 0.3 is 11.7 Å². The Morgan fingerprint density at radius 2 is 2.04 bits per heavy atom. The van der Waals surface area contributed by atoms with Crippen molar-refractivity contribution in [3.63, 3.8) is 0 Å². The Kier molecular flexibility index (Phi) is 3.22. The first-order chi connectivity index (χ1) is 11.5. The van der Waals surface area contributed by atoms with E-state index in [1.165, 1.54) is 9.08 Å². The first kappa shape index (κ1) is 14.9. The predicted molar refractivity (Wildman–Crippen MR) is 83.4 cm³/mol. The largest absolute Gasteiger partial charge is 0.481 e. The van der Waals surface area contributed by atoms with Crippen molar-refractivity contribution in [1.82, 2.24) is 19.1 Å². The second-order valence-electron chi connectivity index (χ2n) is 6.71. The van der Waals surface area contributed by atoms with Gasteiger partial charge in [-0.15, -0.1) is 5.10 Å². The van der Waals surface area contributed by atoms with Gasteiger partial charge in [0.05, 0.1) is 5.92 Å². The van der Waals surface area contributed by atoms with Gasteiger partial charge in [0.1, 0.15) is 6.54 Å². The van der Waals surface area contributed by atoms with Gasteiger partial charge in [-0.05, 0) is 36.8 Å². The van der Waals surface area contributed by atoms with Crippen molar-refractivity contribution < 1.29 is 14.7 Å². The molecule has 24 heavy (non-hydrogen) atoms. The van der Waals surface area contributed by atoms with Crippen molar-refractivity contribution in [3.05, 3.63) is 34.9 Å². The normalized spacial score (nSPS) is 22.0. The Morgan fingerprint density at radius 1 is 1.29 bits per heavy atom. The van der Waals surface area contributed by atoms with E-state index in [9.17, 15) is 14.4 Å². The van der Waals surface area contributed by atoms with Gasteiger partial charge in [-0.1, -0.05) is 6.07 Å². The number of carboxylic acids is 1. The Morgan fingerprint density at radius 3 is 2.67 bits per heavy atom. The van der Waals surface area contributed by atoms with E-state index in [1.54, 1.807) is 29.3 Å². The Hall–Kier alpha value is -2.64. The number of likely N-dealkylation sites (tertiary alicyclic amines) is 1. The van der Waals surface area contributed by atoms with Gasteiger partial charge in [0, 0.05) is 19.3 Å². The van der Waals surface area contributed by atoms with Crippen LogP contribution in [0.5, 0.6) is 0 Å². The van der Waals surface area contributed by atoms with E-state index >= 15 is 0 Å². The molecule has 1 saturated heterocycles. The molecule has 2 fully saturated rings.